The van der Waals surface area contributed by atoms with Crippen LogP contribution in [0.15, 0.2) is 97.2 Å². The zero-order chi connectivity index (χ0) is 39.1. The number of hydrogen-bond acceptors (Lipinski definition) is 7. The molecule has 0 aromatic rings. The third-order valence-corrected chi connectivity index (χ3v) is 8.18. The van der Waals surface area contributed by atoms with Crippen LogP contribution < -0.4 is 0 Å². The number of carbonyl (C=O) groups excluding carboxylic acids is 2. The van der Waals surface area contributed by atoms with Gasteiger partial charge in [-0.3, -0.25) is 14.1 Å². The lowest BCUT2D eigenvalue weighted by Crippen LogP contribution is -2.29. The predicted octanol–water partition coefficient (Wildman–Crippen LogP) is 10.8. The molecule has 3 N–H and O–H groups in total. The summed E-state index contributed by atoms with van der Waals surface area (Å²) in [5.74, 6) is -1.02. The Hall–Kier alpha value is -3.07. The highest BCUT2D eigenvalue weighted by Crippen LogP contribution is 2.35. The largest absolute Gasteiger partial charge is 0.469 e. The number of unbranched alkanes of at least 4 members (excludes halogenated alkanes) is 7. The van der Waals surface area contributed by atoms with Crippen LogP contribution in [0.4, 0.5) is 0 Å². The quantitative estimate of drug-likeness (QED) is 0.0192. The molecule has 0 aliphatic rings. The van der Waals surface area contributed by atoms with Gasteiger partial charge in [0.05, 0.1) is 12.7 Å². The molecule has 0 heterocycles. The first kappa shape index (κ1) is 49.9. The lowest BCUT2D eigenvalue weighted by Gasteiger charge is -2.18. The molecule has 0 saturated heterocycles. The van der Waals surface area contributed by atoms with Crippen LogP contribution in [-0.2, 0) is 28.2 Å². The topological polar surface area (TPSA) is 140 Å². The van der Waals surface area contributed by atoms with Gasteiger partial charge in [-0.2, -0.15) is 0 Å². The minimum atomic E-state index is -4.79. The fourth-order valence-corrected chi connectivity index (χ4v) is 5.12. The van der Waals surface area contributed by atoms with E-state index in [0.717, 1.165) is 89.9 Å². The van der Waals surface area contributed by atoms with Gasteiger partial charge in [0.15, 0.2) is 6.10 Å². The van der Waals surface area contributed by atoms with Crippen molar-refractivity contribution >= 4 is 19.8 Å². The molecule has 9 nitrogen and oxygen atoms in total. The minimum Gasteiger partial charge on any atom is -0.462 e. The summed E-state index contributed by atoms with van der Waals surface area (Å²) in [6, 6.07) is 0. The van der Waals surface area contributed by atoms with Gasteiger partial charge in [-0.25, -0.2) is 4.57 Å². The standard InChI is InChI=1S/C43H69O9P/c1-3-5-7-8-9-10-11-12-13-14-15-16-19-22-25-28-32-36-42(45)50-38-41(39-51-53(47,48)49)52-43(46)37-33-29-26-23-20-17-18-21-24-27-31-35-40(44)34-30-6-4-2/h5,7,9-10,12-13,15-18,23-24,26-27,31,35,40-41,44H,3-4,6,8,11,14,19-22,25,28-30,32-34,36-39H2,1-2H3,(H2,47,48,49)/b7-5-,10-9-,13-12-,16-15-,18-17-,26-23-,27-24-,35-31+/t40-,41+/m0/s1. The zero-order valence-electron chi connectivity index (χ0n) is 32.5. The Kier molecular flexibility index (Phi) is 35.1. The Balaban J connectivity index is 4.17. The van der Waals surface area contributed by atoms with E-state index in [1.807, 2.05) is 36.5 Å². The first-order valence-corrected chi connectivity index (χ1v) is 21.2. The normalized spacial score (nSPS) is 14.1. The van der Waals surface area contributed by atoms with Crippen molar-refractivity contribution in [2.75, 3.05) is 13.2 Å². The molecule has 53 heavy (non-hydrogen) atoms. The maximum absolute atomic E-state index is 12.4. The van der Waals surface area contributed by atoms with Gasteiger partial charge < -0.3 is 24.4 Å². The fourth-order valence-electron chi connectivity index (χ4n) is 4.76. The summed E-state index contributed by atoms with van der Waals surface area (Å²) in [4.78, 5) is 42.7. The SMILES string of the molecule is CC/C=C\C/C=C\C/C=C\C/C=C\CCCCCCC(=O)OC[C@H](COP(=O)(O)O)OC(=O)CCC/C=C\C/C=C\C/C=C\C=C\[C@@H](O)CCCCC. The zero-order valence-corrected chi connectivity index (χ0v) is 33.4. The number of phosphoric ester groups is 1. The van der Waals surface area contributed by atoms with Crippen LogP contribution in [0.1, 0.15) is 136 Å². The highest BCUT2D eigenvalue weighted by atomic mass is 31.2. The highest BCUT2D eigenvalue weighted by Gasteiger charge is 2.22. The molecule has 0 amide bonds. The van der Waals surface area contributed by atoms with Crippen molar-refractivity contribution in [1.82, 2.24) is 0 Å². The molecule has 0 bridgehead atoms. The molecule has 0 aliphatic heterocycles. The van der Waals surface area contributed by atoms with Crippen molar-refractivity contribution in [2.24, 2.45) is 0 Å². The maximum atomic E-state index is 12.4. The van der Waals surface area contributed by atoms with Crippen LogP contribution in [0.25, 0.3) is 0 Å². The van der Waals surface area contributed by atoms with Gasteiger partial charge >= 0.3 is 19.8 Å². The molecule has 10 heteroatoms. The summed E-state index contributed by atoms with van der Waals surface area (Å²) in [6.07, 6.45) is 47.4. The molecular formula is C43H69O9P. The van der Waals surface area contributed by atoms with Gasteiger partial charge in [0.25, 0.3) is 0 Å². The van der Waals surface area contributed by atoms with Crippen molar-refractivity contribution in [3.8, 4) is 0 Å². The molecular weight excluding hydrogens is 691 g/mol. The molecule has 0 aliphatic carbocycles. The Bertz CT molecular complexity index is 1190. The van der Waals surface area contributed by atoms with E-state index in [4.69, 9.17) is 19.3 Å². The average Bonchev–Trinajstić information content (AvgIpc) is 3.12. The smallest absolute Gasteiger partial charge is 0.462 e. The molecule has 0 spiro atoms. The third kappa shape index (κ3) is 40.0. The summed E-state index contributed by atoms with van der Waals surface area (Å²) in [6.45, 7) is 3.35. The second-order valence-electron chi connectivity index (χ2n) is 12.7. The van der Waals surface area contributed by atoms with E-state index in [9.17, 15) is 19.3 Å². The summed E-state index contributed by atoms with van der Waals surface area (Å²) in [7, 11) is -4.79. The van der Waals surface area contributed by atoms with Gasteiger partial charge in [-0.05, 0) is 77.0 Å². The van der Waals surface area contributed by atoms with Crippen LogP contribution in [0.5, 0.6) is 0 Å². The number of hydrogen-bond donors (Lipinski definition) is 3. The Morgan fingerprint density at radius 2 is 1.15 bits per heavy atom. The molecule has 0 radical (unpaired) electrons. The van der Waals surface area contributed by atoms with E-state index in [0.29, 0.717) is 19.3 Å². The molecule has 2 atom stereocenters. The van der Waals surface area contributed by atoms with Crippen LogP contribution in [-0.4, -0.2) is 52.3 Å². The number of ether oxygens (including phenoxy) is 2. The second-order valence-corrected chi connectivity index (χ2v) is 14.0. The van der Waals surface area contributed by atoms with Gasteiger partial charge in [-0.15, -0.1) is 0 Å². The number of aliphatic hydroxyl groups is 1. The molecule has 0 saturated carbocycles. The molecule has 0 fully saturated rings. The summed E-state index contributed by atoms with van der Waals surface area (Å²) in [5.41, 5.74) is 0. The molecule has 0 aromatic carbocycles. The molecule has 300 valence electrons. The highest BCUT2D eigenvalue weighted by molar-refractivity contribution is 7.46. The van der Waals surface area contributed by atoms with Crippen molar-refractivity contribution in [2.45, 2.75) is 148 Å². The average molecular weight is 761 g/mol. The molecule has 0 aromatic heterocycles. The summed E-state index contributed by atoms with van der Waals surface area (Å²) >= 11 is 0. The fraction of sp³-hybridized carbons (Fsp3) is 0.581. The number of phosphoric acid groups is 1. The van der Waals surface area contributed by atoms with Crippen LogP contribution in [0, 0.1) is 0 Å². The first-order valence-electron chi connectivity index (χ1n) is 19.6. The van der Waals surface area contributed by atoms with Crippen molar-refractivity contribution < 1.29 is 43.0 Å². The van der Waals surface area contributed by atoms with E-state index < -0.39 is 32.5 Å². The van der Waals surface area contributed by atoms with E-state index in [1.54, 1.807) is 0 Å². The third-order valence-electron chi connectivity index (χ3n) is 7.69. The van der Waals surface area contributed by atoms with Crippen molar-refractivity contribution in [3.63, 3.8) is 0 Å². The van der Waals surface area contributed by atoms with Gasteiger partial charge in [0, 0.05) is 12.8 Å². The summed E-state index contributed by atoms with van der Waals surface area (Å²) in [5, 5.41) is 9.86. The molecule has 0 unspecified atom stereocenters. The summed E-state index contributed by atoms with van der Waals surface area (Å²) < 4.78 is 26.2. The lowest BCUT2D eigenvalue weighted by atomic mass is 10.1. The second kappa shape index (κ2) is 37.3. The lowest BCUT2D eigenvalue weighted by molar-refractivity contribution is -0.161. The Morgan fingerprint density at radius 3 is 1.75 bits per heavy atom. The number of aliphatic hydroxyl groups excluding tert-OH is 1. The van der Waals surface area contributed by atoms with E-state index in [2.05, 4.69) is 79.1 Å². The van der Waals surface area contributed by atoms with E-state index >= 15 is 0 Å². The predicted molar refractivity (Wildman–Crippen MR) is 217 cm³/mol. The van der Waals surface area contributed by atoms with E-state index in [1.165, 1.54) is 0 Å². The number of rotatable bonds is 34. The van der Waals surface area contributed by atoms with Crippen LogP contribution in [0.2, 0.25) is 0 Å². The van der Waals surface area contributed by atoms with Gasteiger partial charge in [0.2, 0.25) is 0 Å². The molecule has 0 rings (SSSR count). The number of esters is 2. The van der Waals surface area contributed by atoms with Crippen molar-refractivity contribution in [3.05, 3.63) is 97.2 Å². The monoisotopic (exact) mass is 760 g/mol. The van der Waals surface area contributed by atoms with Gasteiger partial charge in [-0.1, -0.05) is 143 Å². The number of carbonyl (C=O) groups is 2. The Morgan fingerprint density at radius 1 is 0.604 bits per heavy atom. The minimum absolute atomic E-state index is 0.104. The van der Waals surface area contributed by atoms with Crippen LogP contribution >= 0.6 is 7.82 Å². The first-order chi connectivity index (χ1) is 25.7. The van der Waals surface area contributed by atoms with Crippen molar-refractivity contribution in [1.29, 1.82) is 0 Å². The van der Waals surface area contributed by atoms with Gasteiger partial charge in [0.1, 0.15) is 6.61 Å². The number of allylic oxidation sites excluding steroid dienone is 15. The van der Waals surface area contributed by atoms with Crippen LogP contribution in [0.3, 0.4) is 0 Å². The Labute approximate surface area is 320 Å². The van der Waals surface area contributed by atoms with E-state index in [-0.39, 0.29) is 25.6 Å². The maximum Gasteiger partial charge on any atom is 0.469 e.